The molecule has 1 aromatic carbocycles. The Balaban J connectivity index is 1.42. The van der Waals surface area contributed by atoms with Gasteiger partial charge in [-0.05, 0) is 56.4 Å². The molecule has 3 nitrogen and oxygen atoms in total. The van der Waals surface area contributed by atoms with Crippen molar-refractivity contribution in [3.05, 3.63) is 35.9 Å². The maximum Gasteiger partial charge on any atom is 0.0575 e. The normalized spacial score (nSPS) is 31.9. The third kappa shape index (κ3) is 4.96. The first kappa shape index (κ1) is 17.3. The molecule has 4 heteroatoms. The molecule has 23 heavy (non-hydrogen) atoms. The fraction of sp³-hybridized carbons (Fsp3) is 0.684. The van der Waals surface area contributed by atoms with Crippen LogP contribution in [0.1, 0.15) is 43.6 Å². The number of ether oxygens (including phenoxy) is 1. The van der Waals surface area contributed by atoms with Crippen molar-refractivity contribution < 1.29 is 4.74 Å². The van der Waals surface area contributed by atoms with E-state index in [1.54, 1.807) is 11.9 Å². The largest absolute Gasteiger partial charge is 0.378 e. The smallest absolute Gasteiger partial charge is 0.0575 e. The van der Waals surface area contributed by atoms with Crippen LogP contribution in [0.4, 0.5) is 0 Å². The molecule has 2 N–H and O–H groups in total. The maximum atomic E-state index is 6.29. The summed E-state index contributed by atoms with van der Waals surface area (Å²) in [6.45, 7) is 3.10. The van der Waals surface area contributed by atoms with Crippen molar-refractivity contribution in [2.45, 2.75) is 50.2 Å². The van der Waals surface area contributed by atoms with E-state index in [4.69, 9.17) is 4.74 Å². The molecule has 2 fully saturated rings. The van der Waals surface area contributed by atoms with E-state index in [1.165, 1.54) is 37.7 Å². The Hall–Kier alpha value is -0.550. The molecule has 0 amide bonds. The second kappa shape index (κ2) is 9.07. The highest BCUT2D eigenvalue weighted by atomic mass is 32.2. The molecule has 0 bridgehead atoms. The van der Waals surface area contributed by atoms with Gasteiger partial charge in [0.05, 0.1) is 12.7 Å². The highest BCUT2D eigenvalue weighted by Crippen LogP contribution is 2.34. The molecular weight excluding hydrogens is 304 g/mol. The van der Waals surface area contributed by atoms with Gasteiger partial charge < -0.3 is 10.1 Å². The zero-order valence-electron chi connectivity index (χ0n) is 14.2. The summed E-state index contributed by atoms with van der Waals surface area (Å²) in [4.78, 5) is 0. The Labute approximate surface area is 145 Å². The van der Waals surface area contributed by atoms with Crippen LogP contribution in [0.15, 0.2) is 30.3 Å². The van der Waals surface area contributed by atoms with E-state index in [9.17, 15) is 0 Å². The van der Waals surface area contributed by atoms with Gasteiger partial charge in [-0.1, -0.05) is 42.3 Å². The van der Waals surface area contributed by atoms with Crippen molar-refractivity contribution in [1.82, 2.24) is 10.0 Å². The van der Waals surface area contributed by atoms with Crippen LogP contribution in [0.2, 0.25) is 0 Å². The van der Waals surface area contributed by atoms with Gasteiger partial charge in [-0.15, -0.1) is 0 Å². The van der Waals surface area contributed by atoms with Gasteiger partial charge in [0.2, 0.25) is 0 Å². The van der Waals surface area contributed by atoms with E-state index in [2.05, 4.69) is 46.6 Å². The van der Waals surface area contributed by atoms with E-state index in [0.717, 1.165) is 25.6 Å². The molecule has 0 aromatic heterocycles. The molecule has 0 radical (unpaired) electrons. The molecular formula is C19H30N2OS. The van der Waals surface area contributed by atoms with Crippen LogP contribution < -0.4 is 10.0 Å². The summed E-state index contributed by atoms with van der Waals surface area (Å²) in [6.07, 6.45) is 8.74. The van der Waals surface area contributed by atoms with Crippen molar-refractivity contribution in [1.29, 1.82) is 0 Å². The van der Waals surface area contributed by atoms with Crippen molar-refractivity contribution >= 4 is 11.9 Å². The standard InChI is InChI=1S/C19H30N2OS/c1-23-21-19-11-12-20-13-17(19)14-22-18-9-7-16(8-10-18)15-5-3-2-4-6-15/h2-6,16-21H,7-14H2,1H3/t16?,17-,18?,19?/m0/s1. The molecule has 0 spiro atoms. The molecule has 1 saturated heterocycles. The Kier molecular flexibility index (Phi) is 6.81. The van der Waals surface area contributed by atoms with Crippen LogP contribution in [0.3, 0.4) is 0 Å². The van der Waals surface area contributed by atoms with Crippen LogP contribution in [-0.4, -0.2) is 38.1 Å². The third-order valence-electron chi connectivity index (χ3n) is 5.37. The molecule has 1 aliphatic heterocycles. The fourth-order valence-electron chi connectivity index (χ4n) is 3.95. The monoisotopic (exact) mass is 334 g/mol. The molecule has 1 aliphatic carbocycles. The number of nitrogens with one attached hydrogen (secondary N) is 2. The van der Waals surface area contributed by atoms with Gasteiger partial charge in [0, 0.05) is 18.5 Å². The van der Waals surface area contributed by atoms with E-state index < -0.39 is 0 Å². The molecule has 1 aromatic rings. The van der Waals surface area contributed by atoms with Crippen LogP contribution in [0, 0.1) is 5.92 Å². The summed E-state index contributed by atoms with van der Waals surface area (Å²) >= 11 is 1.74. The Morgan fingerprint density at radius 3 is 2.65 bits per heavy atom. The molecule has 1 saturated carbocycles. The minimum atomic E-state index is 0.465. The highest BCUT2D eigenvalue weighted by Gasteiger charge is 2.27. The number of hydrogen-bond acceptors (Lipinski definition) is 4. The van der Waals surface area contributed by atoms with Gasteiger partial charge in [-0.25, -0.2) is 0 Å². The molecule has 1 heterocycles. The van der Waals surface area contributed by atoms with Crippen LogP contribution >= 0.6 is 11.9 Å². The summed E-state index contributed by atoms with van der Waals surface area (Å²) in [7, 11) is 0. The second-order valence-corrected chi connectivity index (χ2v) is 7.54. The zero-order chi connectivity index (χ0) is 15.9. The maximum absolute atomic E-state index is 6.29. The predicted molar refractivity (Wildman–Crippen MR) is 98.8 cm³/mol. The van der Waals surface area contributed by atoms with Gasteiger partial charge in [0.15, 0.2) is 0 Å². The number of benzene rings is 1. The third-order valence-corrected chi connectivity index (χ3v) is 5.91. The lowest BCUT2D eigenvalue weighted by Crippen LogP contribution is -2.47. The molecule has 3 rings (SSSR count). The van der Waals surface area contributed by atoms with Crippen molar-refractivity contribution in [3.8, 4) is 0 Å². The Bertz CT molecular complexity index is 446. The molecule has 128 valence electrons. The van der Waals surface area contributed by atoms with Crippen LogP contribution in [-0.2, 0) is 4.74 Å². The molecule has 2 aliphatic rings. The van der Waals surface area contributed by atoms with Crippen molar-refractivity contribution in [2.75, 3.05) is 26.0 Å². The summed E-state index contributed by atoms with van der Waals surface area (Å²) in [5.74, 6) is 1.33. The summed E-state index contributed by atoms with van der Waals surface area (Å²) in [5, 5.41) is 3.51. The quantitative estimate of drug-likeness (QED) is 0.779. The van der Waals surface area contributed by atoms with Crippen molar-refractivity contribution in [2.24, 2.45) is 5.92 Å². The first-order valence-corrected chi connectivity index (χ1v) is 10.2. The van der Waals surface area contributed by atoms with Gasteiger partial charge in [-0.3, -0.25) is 4.72 Å². The van der Waals surface area contributed by atoms with Crippen molar-refractivity contribution in [3.63, 3.8) is 0 Å². The Morgan fingerprint density at radius 2 is 1.91 bits per heavy atom. The summed E-state index contributed by atoms with van der Waals surface area (Å²) in [5.41, 5.74) is 1.51. The SMILES string of the molecule is CSNC1CCNC[C@H]1COC1CCC(c2ccccc2)CC1. The van der Waals surface area contributed by atoms with Gasteiger partial charge in [0.25, 0.3) is 0 Å². The fourth-order valence-corrected chi connectivity index (χ4v) is 4.57. The predicted octanol–water partition coefficient (Wildman–Crippen LogP) is 3.58. The number of hydrogen-bond donors (Lipinski definition) is 2. The average Bonchev–Trinajstić information content (AvgIpc) is 2.62. The number of piperidine rings is 1. The van der Waals surface area contributed by atoms with E-state index in [1.807, 2.05) is 0 Å². The van der Waals surface area contributed by atoms with E-state index in [0.29, 0.717) is 18.1 Å². The first-order chi connectivity index (χ1) is 11.4. The average molecular weight is 335 g/mol. The lowest BCUT2D eigenvalue weighted by atomic mass is 9.82. The Morgan fingerprint density at radius 1 is 1.13 bits per heavy atom. The summed E-state index contributed by atoms with van der Waals surface area (Å²) < 4.78 is 9.84. The minimum Gasteiger partial charge on any atom is -0.378 e. The van der Waals surface area contributed by atoms with Gasteiger partial charge >= 0.3 is 0 Å². The zero-order valence-corrected chi connectivity index (χ0v) is 15.0. The summed E-state index contributed by atoms with van der Waals surface area (Å²) in [6, 6.07) is 11.6. The van der Waals surface area contributed by atoms with E-state index in [-0.39, 0.29) is 0 Å². The lowest BCUT2D eigenvalue weighted by Gasteiger charge is -2.34. The van der Waals surface area contributed by atoms with E-state index >= 15 is 0 Å². The number of rotatable bonds is 6. The van der Waals surface area contributed by atoms with Crippen LogP contribution in [0.5, 0.6) is 0 Å². The highest BCUT2D eigenvalue weighted by molar-refractivity contribution is 7.96. The second-order valence-electron chi connectivity index (χ2n) is 6.90. The molecule has 1 unspecified atom stereocenters. The first-order valence-electron chi connectivity index (χ1n) is 9.02. The minimum absolute atomic E-state index is 0.465. The molecule has 2 atom stereocenters. The van der Waals surface area contributed by atoms with Gasteiger partial charge in [-0.2, -0.15) is 0 Å². The topological polar surface area (TPSA) is 33.3 Å². The van der Waals surface area contributed by atoms with Crippen LogP contribution in [0.25, 0.3) is 0 Å². The van der Waals surface area contributed by atoms with Gasteiger partial charge in [0.1, 0.15) is 0 Å². The lowest BCUT2D eigenvalue weighted by molar-refractivity contribution is -0.00385.